The van der Waals surface area contributed by atoms with E-state index >= 15 is 0 Å². The summed E-state index contributed by atoms with van der Waals surface area (Å²) >= 11 is 2.95. The third-order valence-electron chi connectivity index (χ3n) is 2.55. The number of nitrogens with two attached hydrogens (primary N) is 1. The van der Waals surface area contributed by atoms with E-state index in [2.05, 4.69) is 14.7 Å². The van der Waals surface area contributed by atoms with E-state index in [1.54, 1.807) is 11.3 Å². The highest BCUT2D eigenvalue weighted by atomic mass is 32.1. The van der Waals surface area contributed by atoms with Gasteiger partial charge in [-0.05, 0) is 32.3 Å². The highest BCUT2D eigenvalue weighted by molar-refractivity contribution is 7.15. The Balaban J connectivity index is 2.14. The lowest BCUT2D eigenvalue weighted by atomic mass is 10.3. The van der Waals surface area contributed by atoms with E-state index in [1.165, 1.54) is 11.5 Å². The fraction of sp³-hybridized carbons (Fsp3) is 0.500. The monoisotopic (exact) mass is 298 g/mol. The highest BCUT2D eigenvalue weighted by Crippen LogP contribution is 2.38. The Kier molecular flexibility index (Phi) is 4.73. The second kappa shape index (κ2) is 6.31. The van der Waals surface area contributed by atoms with Crippen LogP contribution in [0.5, 0.6) is 0 Å². The molecule has 0 saturated heterocycles. The SMILES string of the molecule is CCOC(C)CNc1snc(N)c1-c1nc(C)cs1. The second-order valence-electron chi connectivity index (χ2n) is 4.21. The van der Waals surface area contributed by atoms with Crippen LogP contribution in [0.3, 0.4) is 0 Å². The molecule has 2 aromatic heterocycles. The van der Waals surface area contributed by atoms with Crippen LogP contribution in [-0.2, 0) is 4.74 Å². The van der Waals surface area contributed by atoms with Crippen molar-refractivity contribution in [2.75, 3.05) is 24.2 Å². The van der Waals surface area contributed by atoms with Crippen molar-refractivity contribution < 1.29 is 4.74 Å². The Morgan fingerprint density at radius 1 is 1.53 bits per heavy atom. The molecule has 0 saturated carbocycles. The van der Waals surface area contributed by atoms with Gasteiger partial charge in [-0.25, -0.2) is 4.98 Å². The fourth-order valence-corrected chi connectivity index (χ4v) is 3.32. The van der Waals surface area contributed by atoms with E-state index in [0.717, 1.165) is 27.8 Å². The first kappa shape index (κ1) is 14.2. The number of anilines is 2. The van der Waals surface area contributed by atoms with Gasteiger partial charge in [-0.1, -0.05) is 0 Å². The number of rotatable bonds is 6. The van der Waals surface area contributed by atoms with Crippen LogP contribution in [0.2, 0.25) is 0 Å². The number of nitrogens with one attached hydrogen (secondary N) is 1. The molecule has 0 aliphatic rings. The van der Waals surface area contributed by atoms with Gasteiger partial charge in [-0.3, -0.25) is 0 Å². The molecule has 0 aliphatic carbocycles. The topological polar surface area (TPSA) is 73.1 Å². The number of hydrogen-bond acceptors (Lipinski definition) is 7. The van der Waals surface area contributed by atoms with Crippen molar-refractivity contribution in [1.29, 1.82) is 0 Å². The lowest BCUT2D eigenvalue weighted by Gasteiger charge is -2.12. The van der Waals surface area contributed by atoms with E-state index in [4.69, 9.17) is 10.5 Å². The maximum atomic E-state index is 5.94. The van der Waals surface area contributed by atoms with Crippen LogP contribution in [0.4, 0.5) is 10.8 Å². The summed E-state index contributed by atoms with van der Waals surface area (Å²) in [5.41, 5.74) is 7.85. The standard InChI is InChI=1S/C12H18N4OS2/c1-4-17-8(3)5-14-11-9(10(13)16-19-11)12-15-7(2)6-18-12/h6,8,14H,4-5H2,1-3H3,(H2,13,16). The molecule has 0 aromatic carbocycles. The number of thiazole rings is 1. The van der Waals surface area contributed by atoms with E-state index in [1.807, 2.05) is 26.2 Å². The maximum absolute atomic E-state index is 5.94. The minimum Gasteiger partial charge on any atom is -0.382 e. The minimum absolute atomic E-state index is 0.152. The second-order valence-corrected chi connectivity index (χ2v) is 5.84. The van der Waals surface area contributed by atoms with Crippen molar-refractivity contribution in [1.82, 2.24) is 9.36 Å². The van der Waals surface area contributed by atoms with E-state index < -0.39 is 0 Å². The molecule has 2 rings (SSSR count). The van der Waals surface area contributed by atoms with Crippen molar-refractivity contribution in [3.8, 4) is 10.6 Å². The van der Waals surface area contributed by atoms with Crippen LogP contribution in [0.1, 0.15) is 19.5 Å². The van der Waals surface area contributed by atoms with Gasteiger partial charge in [0.2, 0.25) is 0 Å². The predicted molar refractivity (Wildman–Crippen MR) is 81.9 cm³/mol. The van der Waals surface area contributed by atoms with E-state index in [0.29, 0.717) is 12.4 Å². The van der Waals surface area contributed by atoms with Gasteiger partial charge >= 0.3 is 0 Å². The molecule has 2 aromatic rings. The Hall–Kier alpha value is -1.18. The Labute approximate surface area is 121 Å². The molecule has 19 heavy (non-hydrogen) atoms. The normalized spacial score (nSPS) is 12.6. The van der Waals surface area contributed by atoms with Crippen LogP contribution >= 0.6 is 22.9 Å². The summed E-state index contributed by atoms with van der Waals surface area (Å²) in [7, 11) is 0. The third-order valence-corrected chi connectivity index (χ3v) is 4.35. The Morgan fingerprint density at radius 2 is 2.32 bits per heavy atom. The smallest absolute Gasteiger partial charge is 0.149 e. The average molecular weight is 298 g/mol. The number of nitrogen functional groups attached to an aromatic ring is 1. The number of aryl methyl sites for hydroxylation is 1. The lowest BCUT2D eigenvalue weighted by molar-refractivity contribution is 0.0856. The number of ether oxygens (including phenoxy) is 1. The zero-order chi connectivity index (χ0) is 13.8. The first-order valence-electron chi connectivity index (χ1n) is 6.15. The average Bonchev–Trinajstić information content (AvgIpc) is 2.93. The number of hydrogen-bond donors (Lipinski definition) is 2. The molecule has 3 N–H and O–H groups in total. The Morgan fingerprint density at radius 3 is 2.95 bits per heavy atom. The van der Waals surface area contributed by atoms with E-state index in [-0.39, 0.29) is 6.10 Å². The van der Waals surface area contributed by atoms with Gasteiger partial charge < -0.3 is 15.8 Å². The fourth-order valence-electron chi connectivity index (χ4n) is 1.68. The summed E-state index contributed by atoms with van der Waals surface area (Å²) in [6.45, 7) is 7.44. The minimum atomic E-state index is 0.152. The van der Waals surface area contributed by atoms with Gasteiger partial charge in [0.1, 0.15) is 15.8 Å². The van der Waals surface area contributed by atoms with Crippen molar-refractivity contribution in [3.05, 3.63) is 11.1 Å². The molecule has 0 radical (unpaired) electrons. The quantitative estimate of drug-likeness (QED) is 0.857. The van der Waals surface area contributed by atoms with Crippen molar-refractivity contribution in [2.24, 2.45) is 0 Å². The van der Waals surface area contributed by atoms with Gasteiger partial charge in [-0.15, -0.1) is 11.3 Å². The molecule has 104 valence electrons. The summed E-state index contributed by atoms with van der Waals surface area (Å²) < 4.78 is 9.71. The van der Waals surface area contributed by atoms with Crippen LogP contribution < -0.4 is 11.1 Å². The summed E-state index contributed by atoms with van der Waals surface area (Å²) in [5, 5.41) is 7.23. The summed E-state index contributed by atoms with van der Waals surface area (Å²) in [5.74, 6) is 0.533. The van der Waals surface area contributed by atoms with Crippen LogP contribution in [0.15, 0.2) is 5.38 Å². The maximum Gasteiger partial charge on any atom is 0.149 e. The lowest BCUT2D eigenvalue weighted by Crippen LogP contribution is -2.19. The van der Waals surface area contributed by atoms with Crippen LogP contribution in [0.25, 0.3) is 10.6 Å². The molecular weight excluding hydrogens is 280 g/mol. The van der Waals surface area contributed by atoms with Gasteiger partial charge in [0.15, 0.2) is 0 Å². The molecule has 0 fully saturated rings. The number of aromatic nitrogens is 2. The summed E-state index contributed by atoms with van der Waals surface area (Å²) in [4.78, 5) is 4.47. The van der Waals surface area contributed by atoms with Gasteiger partial charge in [0.05, 0.1) is 11.7 Å². The van der Waals surface area contributed by atoms with Crippen molar-refractivity contribution in [2.45, 2.75) is 26.9 Å². The molecule has 0 aliphatic heterocycles. The first-order chi connectivity index (χ1) is 9.11. The summed E-state index contributed by atoms with van der Waals surface area (Å²) in [6.07, 6.45) is 0.152. The number of nitrogens with zero attached hydrogens (tertiary/aromatic N) is 2. The molecule has 2 heterocycles. The molecule has 0 amide bonds. The predicted octanol–water partition coefficient (Wildman–Crippen LogP) is 2.99. The molecule has 5 nitrogen and oxygen atoms in total. The Bertz CT molecular complexity index is 538. The van der Waals surface area contributed by atoms with Crippen molar-refractivity contribution in [3.63, 3.8) is 0 Å². The molecule has 1 atom stereocenters. The van der Waals surface area contributed by atoms with Crippen LogP contribution in [-0.4, -0.2) is 28.6 Å². The first-order valence-corrected chi connectivity index (χ1v) is 7.80. The zero-order valence-electron chi connectivity index (χ0n) is 11.3. The van der Waals surface area contributed by atoms with Crippen molar-refractivity contribution >= 4 is 33.7 Å². The van der Waals surface area contributed by atoms with Gasteiger partial charge in [0.25, 0.3) is 0 Å². The molecule has 0 bridgehead atoms. The molecular formula is C12H18N4OS2. The highest BCUT2D eigenvalue weighted by Gasteiger charge is 2.17. The van der Waals surface area contributed by atoms with Gasteiger partial charge in [0, 0.05) is 24.2 Å². The van der Waals surface area contributed by atoms with E-state index in [9.17, 15) is 0 Å². The molecule has 0 spiro atoms. The third kappa shape index (κ3) is 3.43. The summed E-state index contributed by atoms with van der Waals surface area (Å²) in [6, 6.07) is 0. The molecule has 1 unspecified atom stereocenters. The van der Waals surface area contributed by atoms with Gasteiger partial charge in [-0.2, -0.15) is 4.37 Å². The largest absolute Gasteiger partial charge is 0.382 e. The van der Waals surface area contributed by atoms with Crippen LogP contribution in [0, 0.1) is 6.92 Å². The zero-order valence-corrected chi connectivity index (χ0v) is 12.9. The molecule has 7 heteroatoms.